The number of anilines is 1. The number of esters is 1. The molecule has 0 aromatic carbocycles. The van der Waals surface area contributed by atoms with Gasteiger partial charge in [-0.25, -0.2) is 4.79 Å². The van der Waals surface area contributed by atoms with Gasteiger partial charge in [-0.3, -0.25) is 9.69 Å². The van der Waals surface area contributed by atoms with Gasteiger partial charge in [0.15, 0.2) is 0 Å². The minimum Gasteiger partial charge on any atom is -0.465 e. The van der Waals surface area contributed by atoms with E-state index < -0.39 is 5.97 Å². The van der Waals surface area contributed by atoms with Crippen molar-refractivity contribution in [1.29, 1.82) is 0 Å². The van der Waals surface area contributed by atoms with Crippen molar-refractivity contribution in [1.82, 2.24) is 4.90 Å². The van der Waals surface area contributed by atoms with Gasteiger partial charge in [-0.15, -0.1) is 11.3 Å². The first-order valence-electron chi connectivity index (χ1n) is 6.95. The standard InChI is InChI=1S/C14H21N3O3S/c1-9-8-21-13(14(19)20-2)12(9)16-11(18)7-17-5-3-10(15)4-6-17/h8,10H,3-7,15H2,1-2H3,(H,16,18). The van der Waals surface area contributed by atoms with E-state index in [0.29, 0.717) is 17.1 Å². The molecule has 1 fully saturated rings. The molecule has 0 radical (unpaired) electrons. The molecule has 21 heavy (non-hydrogen) atoms. The summed E-state index contributed by atoms with van der Waals surface area (Å²) in [5.74, 6) is -0.538. The van der Waals surface area contributed by atoms with Crippen LogP contribution in [0.5, 0.6) is 0 Å². The van der Waals surface area contributed by atoms with Crippen LogP contribution in [0, 0.1) is 6.92 Å². The number of likely N-dealkylation sites (tertiary alicyclic amines) is 1. The van der Waals surface area contributed by atoms with Crippen LogP contribution in [0.25, 0.3) is 0 Å². The van der Waals surface area contributed by atoms with Gasteiger partial charge in [-0.05, 0) is 30.7 Å². The Morgan fingerprint density at radius 1 is 1.48 bits per heavy atom. The van der Waals surface area contributed by atoms with E-state index in [1.165, 1.54) is 18.4 Å². The van der Waals surface area contributed by atoms with Crippen LogP contribution >= 0.6 is 11.3 Å². The molecule has 2 rings (SSSR count). The first-order valence-corrected chi connectivity index (χ1v) is 7.83. The van der Waals surface area contributed by atoms with Gasteiger partial charge < -0.3 is 15.8 Å². The topological polar surface area (TPSA) is 84.7 Å². The Morgan fingerprint density at radius 2 is 2.14 bits per heavy atom. The quantitative estimate of drug-likeness (QED) is 0.816. The Labute approximate surface area is 128 Å². The summed E-state index contributed by atoms with van der Waals surface area (Å²) < 4.78 is 4.73. The van der Waals surface area contributed by atoms with Crippen LogP contribution < -0.4 is 11.1 Å². The van der Waals surface area contributed by atoms with E-state index in [1.54, 1.807) is 0 Å². The first-order chi connectivity index (χ1) is 10.0. The number of methoxy groups -OCH3 is 1. The van der Waals surface area contributed by atoms with E-state index in [9.17, 15) is 9.59 Å². The molecule has 3 N–H and O–H groups in total. The molecule has 0 unspecified atom stereocenters. The minimum atomic E-state index is -0.424. The fourth-order valence-corrected chi connectivity index (χ4v) is 3.26. The van der Waals surface area contributed by atoms with Crippen LogP contribution in [0.3, 0.4) is 0 Å². The van der Waals surface area contributed by atoms with E-state index in [0.717, 1.165) is 31.5 Å². The van der Waals surface area contributed by atoms with Crippen LogP contribution in [0.4, 0.5) is 5.69 Å². The number of amides is 1. The molecular formula is C14H21N3O3S. The van der Waals surface area contributed by atoms with Gasteiger partial charge in [0.1, 0.15) is 4.88 Å². The number of aryl methyl sites for hydroxylation is 1. The lowest BCUT2D eigenvalue weighted by Gasteiger charge is -2.29. The molecule has 0 saturated carbocycles. The maximum absolute atomic E-state index is 12.1. The number of nitrogens with two attached hydrogens (primary N) is 1. The highest BCUT2D eigenvalue weighted by Crippen LogP contribution is 2.28. The second kappa shape index (κ2) is 7.02. The molecule has 0 spiro atoms. The number of carbonyl (C=O) groups excluding carboxylic acids is 2. The van der Waals surface area contributed by atoms with E-state index in [4.69, 9.17) is 10.5 Å². The highest BCUT2D eigenvalue weighted by molar-refractivity contribution is 7.12. The van der Waals surface area contributed by atoms with Gasteiger partial charge in [0.05, 0.1) is 19.3 Å². The Balaban J connectivity index is 1.96. The van der Waals surface area contributed by atoms with Gasteiger partial charge in [-0.2, -0.15) is 0 Å². The van der Waals surface area contributed by atoms with E-state index in [2.05, 4.69) is 10.2 Å². The Kier molecular flexibility index (Phi) is 5.33. The predicted octanol–water partition coefficient (Wildman–Crippen LogP) is 1.20. The molecule has 1 aromatic rings. The number of nitrogens with zero attached hydrogens (tertiary/aromatic N) is 1. The zero-order valence-corrected chi connectivity index (χ0v) is 13.2. The summed E-state index contributed by atoms with van der Waals surface area (Å²) in [7, 11) is 1.33. The predicted molar refractivity (Wildman–Crippen MR) is 82.7 cm³/mol. The fourth-order valence-electron chi connectivity index (χ4n) is 2.34. The number of hydrogen-bond acceptors (Lipinski definition) is 6. The molecule has 1 amide bonds. The van der Waals surface area contributed by atoms with E-state index in [1.807, 2.05) is 12.3 Å². The average molecular weight is 311 g/mol. The molecular weight excluding hydrogens is 290 g/mol. The van der Waals surface area contributed by atoms with Crippen molar-refractivity contribution in [2.24, 2.45) is 5.73 Å². The van der Waals surface area contributed by atoms with Crippen LogP contribution in [0.1, 0.15) is 28.1 Å². The van der Waals surface area contributed by atoms with Gasteiger partial charge >= 0.3 is 5.97 Å². The van der Waals surface area contributed by atoms with Crippen molar-refractivity contribution >= 4 is 28.9 Å². The molecule has 6 nitrogen and oxygen atoms in total. The third-order valence-electron chi connectivity index (χ3n) is 3.61. The highest BCUT2D eigenvalue weighted by Gasteiger charge is 2.21. The van der Waals surface area contributed by atoms with Crippen molar-refractivity contribution in [3.8, 4) is 0 Å². The minimum absolute atomic E-state index is 0.114. The molecule has 0 atom stereocenters. The summed E-state index contributed by atoms with van der Waals surface area (Å²) in [5, 5.41) is 4.67. The number of carbonyl (C=O) groups is 2. The van der Waals surface area contributed by atoms with Gasteiger partial charge in [-0.1, -0.05) is 0 Å². The molecule has 7 heteroatoms. The smallest absolute Gasteiger partial charge is 0.350 e. The number of ether oxygens (including phenoxy) is 1. The lowest BCUT2D eigenvalue weighted by Crippen LogP contribution is -2.43. The maximum atomic E-state index is 12.1. The van der Waals surface area contributed by atoms with Crippen LogP contribution in [0.15, 0.2) is 5.38 Å². The lowest BCUT2D eigenvalue weighted by atomic mass is 10.1. The molecule has 2 heterocycles. The van der Waals surface area contributed by atoms with Crippen molar-refractivity contribution in [2.45, 2.75) is 25.8 Å². The molecule has 116 valence electrons. The van der Waals surface area contributed by atoms with E-state index >= 15 is 0 Å². The molecule has 0 aliphatic carbocycles. The number of nitrogens with one attached hydrogen (secondary N) is 1. The monoisotopic (exact) mass is 311 g/mol. The average Bonchev–Trinajstić information content (AvgIpc) is 2.82. The molecule has 0 bridgehead atoms. The fraction of sp³-hybridized carbons (Fsp3) is 0.571. The molecule has 1 aliphatic heterocycles. The Hall–Kier alpha value is -1.44. The number of rotatable bonds is 4. The second-order valence-corrected chi connectivity index (χ2v) is 6.16. The summed E-state index contributed by atoms with van der Waals surface area (Å²) in [5.41, 5.74) is 7.28. The summed E-state index contributed by atoms with van der Waals surface area (Å²) >= 11 is 1.28. The largest absolute Gasteiger partial charge is 0.465 e. The second-order valence-electron chi connectivity index (χ2n) is 5.28. The highest BCUT2D eigenvalue weighted by atomic mass is 32.1. The summed E-state index contributed by atoms with van der Waals surface area (Å²) in [6.45, 7) is 3.85. The summed E-state index contributed by atoms with van der Waals surface area (Å²) in [4.78, 5) is 26.3. The third-order valence-corrected chi connectivity index (χ3v) is 4.69. The van der Waals surface area contributed by atoms with Crippen molar-refractivity contribution in [3.05, 3.63) is 15.8 Å². The van der Waals surface area contributed by atoms with E-state index in [-0.39, 0.29) is 11.9 Å². The first kappa shape index (κ1) is 15.9. The number of hydrogen-bond donors (Lipinski definition) is 2. The lowest BCUT2D eigenvalue weighted by molar-refractivity contribution is -0.117. The molecule has 1 aromatic heterocycles. The third kappa shape index (κ3) is 4.03. The van der Waals surface area contributed by atoms with Gasteiger partial charge in [0.2, 0.25) is 5.91 Å². The Morgan fingerprint density at radius 3 is 2.76 bits per heavy atom. The number of thiophene rings is 1. The van der Waals surface area contributed by atoms with Crippen molar-refractivity contribution in [2.75, 3.05) is 32.1 Å². The van der Waals surface area contributed by atoms with Crippen LogP contribution in [-0.2, 0) is 9.53 Å². The maximum Gasteiger partial charge on any atom is 0.350 e. The van der Waals surface area contributed by atoms with Gasteiger partial charge in [0.25, 0.3) is 0 Å². The normalized spacial score (nSPS) is 16.7. The molecule has 1 aliphatic rings. The van der Waals surface area contributed by atoms with Crippen LogP contribution in [0.2, 0.25) is 0 Å². The Bertz CT molecular complexity index is 522. The van der Waals surface area contributed by atoms with Crippen molar-refractivity contribution in [3.63, 3.8) is 0 Å². The zero-order chi connectivity index (χ0) is 15.4. The van der Waals surface area contributed by atoms with Gasteiger partial charge in [0, 0.05) is 19.1 Å². The van der Waals surface area contributed by atoms with Crippen LogP contribution in [-0.4, -0.2) is 49.6 Å². The number of piperidine rings is 1. The van der Waals surface area contributed by atoms with Crippen molar-refractivity contribution < 1.29 is 14.3 Å². The zero-order valence-electron chi connectivity index (χ0n) is 12.3. The summed E-state index contributed by atoms with van der Waals surface area (Å²) in [6.07, 6.45) is 1.83. The molecule has 1 saturated heterocycles. The summed E-state index contributed by atoms with van der Waals surface area (Å²) in [6, 6.07) is 0.245. The SMILES string of the molecule is COC(=O)c1scc(C)c1NC(=O)CN1CCC(N)CC1.